The maximum atomic E-state index is 4.36. The van der Waals surface area contributed by atoms with Crippen LogP contribution in [0.15, 0.2) is 0 Å². The van der Waals surface area contributed by atoms with Crippen molar-refractivity contribution in [3.8, 4) is 0 Å². The molecule has 0 aromatic carbocycles. The van der Waals surface area contributed by atoms with Gasteiger partial charge in [0.05, 0.1) is 26.2 Å². The number of likely N-dealkylation sites (tertiary alicyclic amines) is 1. The van der Waals surface area contributed by atoms with Crippen molar-refractivity contribution in [2.75, 3.05) is 45.0 Å². The van der Waals surface area contributed by atoms with Crippen LogP contribution in [0, 0.1) is 0 Å². The summed E-state index contributed by atoms with van der Waals surface area (Å²) in [5.41, 5.74) is 0. The van der Waals surface area contributed by atoms with Crippen LogP contribution in [-0.4, -0.2) is 49.5 Å². The third-order valence-corrected chi connectivity index (χ3v) is 5.78. The number of nitrogens with one attached hydrogen (secondary N) is 1. The van der Waals surface area contributed by atoms with Gasteiger partial charge in [-0.25, -0.2) is 0 Å². The van der Waals surface area contributed by atoms with Crippen molar-refractivity contribution in [1.82, 2.24) is 5.32 Å². The summed E-state index contributed by atoms with van der Waals surface area (Å²) in [4.78, 5) is 0. The Labute approximate surface area is 151 Å². The van der Waals surface area contributed by atoms with Crippen LogP contribution >= 0.6 is 12.6 Å². The minimum atomic E-state index is 1.06. The molecule has 0 unspecified atom stereocenters. The third-order valence-electron chi connectivity index (χ3n) is 5.47. The number of rotatable bonds is 16. The van der Waals surface area contributed by atoms with Crippen molar-refractivity contribution in [3.05, 3.63) is 0 Å². The molecule has 0 bridgehead atoms. The SMILES string of the molecule is CCCNCCCCCCCCC[N+]1(CCCCS)CCCC1. The molecule has 1 saturated heterocycles. The van der Waals surface area contributed by atoms with Gasteiger partial charge in [0.1, 0.15) is 0 Å². The van der Waals surface area contributed by atoms with Crippen LogP contribution in [0.3, 0.4) is 0 Å². The summed E-state index contributed by atoms with van der Waals surface area (Å²) in [6.45, 7) is 10.4. The lowest BCUT2D eigenvalue weighted by Gasteiger charge is -2.34. The van der Waals surface area contributed by atoms with Crippen molar-refractivity contribution in [2.24, 2.45) is 0 Å². The first-order valence-electron chi connectivity index (χ1n) is 10.5. The van der Waals surface area contributed by atoms with Crippen LogP contribution in [0.4, 0.5) is 0 Å². The molecule has 0 spiro atoms. The predicted octanol–water partition coefficient (Wildman–Crippen LogP) is 5.04. The Morgan fingerprint density at radius 1 is 0.739 bits per heavy atom. The molecule has 1 heterocycles. The molecular weight excluding hydrogens is 300 g/mol. The van der Waals surface area contributed by atoms with E-state index in [4.69, 9.17) is 0 Å². The molecule has 2 nitrogen and oxygen atoms in total. The monoisotopic (exact) mass is 343 g/mol. The van der Waals surface area contributed by atoms with Gasteiger partial charge in [0.25, 0.3) is 0 Å². The average Bonchev–Trinajstić information content (AvgIpc) is 3.02. The van der Waals surface area contributed by atoms with Gasteiger partial charge in [-0.1, -0.05) is 32.6 Å². The predicted molar refractivity (Wildman–Crippen MR) is 108 cm³/mol. The maximum Gasteiger partial charge on any atom is 0.0788 e. The van der Waals surface area contributed by atoms with Gasteiger partial charge in [-0.05, 0) is 57.4 Å². The first-order valence-corrected chi connectivity index (χ1v) is 11.1. The number of nitrogens with zero attached hydrogens (tertiary/aromatic N) is 1. The molecule has 1 aliphatic rings. The zero-order valence-corrected chi connectivity index (χ0v) is 16.7. The highest BCUT2D eigenvalue weighted by Crippen LogP contribution is 2.22. The average molecular weight is 344 g/mol. The fourth-order valence-electron chi connectivity index (χ4n) is 4.01. The van der Waals surface area contributed by atoms with E-state index in [1.54, 1.807) is 0 Å². The number of thiol groups is 1. The van der Waals surface area contributed by atoms with Crippen LogP contribution in [-0.2, 0) is 0 Å². The molecule has 0 aromatic heterocycles. The number of hydrogen-bond donors (Lipinski definition) is 2. The summed E-state index contributed by atoms with van der Waals surface area (Å²) in [5.74, 6) is 1.06. The van der Waals surface area contributed by atoms with E-state index < -0.39 is 0 Å². The molecule has 23 heavy (non-hydrogen) atoms. The zero-order chi connectivity index (χ0) is 16.6. The number of quaternary nitrogens is 1. The summed E-state index contributed by atoms with van der Waals surface area (Å²) >= 11 is 4.36. The summed E-state index contributed by atoms with van der Waals surface area (Å²) in [7, 11) is 0. The highest BCUT2D eigenvalue weighted by molar-refractivity contribution is 7.80. The summed E-state index contributed by atoms with van der Waals surface area (Å²) in [6, 6.07) is 0. The van der Waals surface area contributed by atoms with Crippen LogP contribution in [0.5, 0.6) is 0 Å². The van der Waals surface area contributed by atoms with Crippen molar-refractivity contribution in [2.45, 2.75) is 84.0 Å². The fraction of sp³-hybridized carbons (Fsp3) is 1.00. The smallest absolute Gasteiger partial charge is 0.0788 e. The van der Waals surface area contributed by atoms with E-state index in [1.807, 2.05) is 0 Å². The second-order valence-electron chi connectivity index (χ2n) is 7.60. The van der Waals surface area contributed by atoms with Gasteiger partial charge < -0.3 is 9.80 Å². The van der Waals surface area contributed by atoms with Crippen LogP contribution in [0.25, 0.3) is 0 Å². The minimum Gasteiger partial charge on any atom is -0.324 e. The van der Waals surface area contributed by atoms with E-state index >= 15 is 0 Å². The molecule has 0 saturated carbocycles. The van der Waals surface area contributed by atoms with Gasteiger partial charge >= 0.3 is 0 Å². The van der Waals surface area contributed by atoms with Crippen molar-refractivity contribution in [3.63, 3.8) is 0 Å². The molecule has 0 radical (unpaired) electrons. The maximum absolute atomic E-state index is 4.36. The molecule has 1 N–H and O–H groups in total. The Balaban J connectivity index is 1.94. The molecule has 0 aromatic rings. The molecule has 1 rings (SSSR count). The standard InChI is InChI=1S/C20H42N2S/c1-2-14-21-15-8-6-4-3-5-7-9-16-22(17-10-11-18-22)19-12-13-20-23/h21H,2-20H2,1H3/p+1. The summed E-state index contributed by atoms with van der Waals surface area (Å²) in [5, 5.41) is 3.50. The van der Waals surface area contributed by atoms with Gasteiger partial charge in [0.15, 0.2) is 0 Å². The van der Waals surface area contributed by atoms with Gasteiger partial charge in [-0.3, -0.25) is 0 Å². The van der Waals surface area contributed by atoms with Gasteiger partial charge in [-0.2, -0.15) is 12.6 Å². The van der Waals surface area contributed by atoms with E-state index in [-0.39, 0.29) is 0 Å². The van der Waals surface area contributed by atoms with Gasteiger partial charge in [0.2, 0.25) is 0 Å². The van der Waals surface area contributed by atoms with E-state index in [2.05, 4.69) is 24.9 Å². The lowest BCUT2D eigenvalue weighted by molar-refractivity contribution is -0.917. The second-order valence-corrected chi connectivity index (χ2v) is 8.05. The largest absolute Gasteiger partial charge is 0.324 e. The molecular formula is C20H43N2S+. The molecule has 0 amide bonds. The molecule has 1 aliphatic heterocycles. The summed E-state index contributed by atoms with van der Waals surface area (Å²) < 4.78 is 1.44. The lowest BCUT2D eigenvalue weighted by atomic mass is 10.1. The fourth-order valence-corrected chi connectivity index (χ4v) is 4.23. The van der Waals surface area contributed by atoms with Crippen LogP contribution < -0.4 is 5.32 Å². The molecule has 0 aliphatic carbocycles. The van der Waals surface area contributed by atoms with Crippen LogP contribution in [0.1, 0.15) is 84.0 Å². The molecule has 0 atom stereocenters. The minimum absolute atomic E-state index is 1.06. The second kappa shape index (κ2) is 14.6. The van der Waals surface area contributed by atoms with E-state index in [0.717, 1.165) is 5.75 Å². The topological polar surface area (TPSA) is 12.0 Å². The Morgan fingerprint density at radius 3 is 1.91 bits per heavy atom. The van der Waals surface area contributed by atoms with Gasteiger partial charge in [-0.15, -0.1) is 0 Å². The quantitative estimate of drug-likeness (QED) is 0.227. The normalized spacial score (nSPS) is 17.0. The molecule has 3 heteroatoms. The lowest BCUT2D eigenvalue weighted by Crippen LogP contribution is -2.46. The Bertz CT molecular complexity index is 252. The first kappa shape index (κ1) is 21.3. The van der Waals surface area contributed by atoms with Crippen molar-refractivity contribution < 1.29 is 4.48 Å². The highest BCUT2D eigenvalue weighted by Gasteiger charge is 2.30. The van der Waals surface area contributed by atoms with E-state index in [0.29, 0.717) is 0 Å². The molecule has 138 valence electrons. The number of hydrogen-bond acceptors (Lipinski definition) is 2. The van der Waals surface area contributed by atoms with Crippen molar-refractivity contribution >= 4 is 12.6 Å². The van der Waals surface area contributed by atoms with Crippen molar-refractivity contribution in [1.29, 1.82) is 0 Å². The van der Waals surface area contributed by atoms with E-state index in [9.17, 15) is 0 Å². The first-order chi connectivity index (χ1) is 11.3. The number of unbranched alkanes of at least 4 members (excludes halogenated alkanes) is 7. The Kier molecular flexibility index (Phi) is 13.5. The zero-order valence-electron chi connectivity index (χ0n) is 15.8. The Hall–Kier alpha value is 0.270. The summed E-state index contributed by atoms with van der Waals surface area (Å²) in [6.07, 6.45) is 16.9. The Morgan fingerprint density at radius 2 is 1.30 bits per heavy atom. The highest BCUT2D eigenvalue weighted by atomic mass is 32.1. The van der Waals surface area contributed by atoms with E-state index in [1.165, 1.54) is 121 Å². The molecule has 1 fully saturated rings. The van der Waals surface area contributed by atoms with Gasteiger partial charge in [0, 0.05) is 12.8 Å². The van der Waals surface area contributed by atoms with Crippen LogP contribution in [0.2, 0.25) is 0 Å². The third kappa shape index (κ3) is 10.7.